The zero-order valence-electron chi connectivity index (χ0n) is 12.1. The lowest BCUT2D eigenvalue weighted by Crippen LogP contribution is -2.40. The molecule has 8 heteroatoms. The van der Waals surface area contributed by atoms with Crippen LogP contribution in [0.1, 0.15) is 32.1 Å². The van der Waals surface area contributed by atoms with Gasteiger partial charge < -0.3 is 14.9 Å². The third kappa shape index (κ3) is 4.39. The minimum atomic E-state index is -1.02. The second kappa shape index (κ2) is 7.69. The molecule has 1 atom stereocenters. The number of aromatic nitrogens is 2. The number of hydrogen-bond acceptors (Lipinski definition) is 6. The second-order valence-electron chi connectivity index (χ2n) is 4.77. The number of nitrogens with one attached hydrogen (secondary N) is 1. The molecule has 2 N–H and O–H groups in total. The molecule has 0 spiro atoms. The number of aryl methyl sites for hydroxylation is 1. The fraction of sp³-hybridized carbons (Fsp3) is 0.429. The molecule has 7 nitrogen and oxygen atoms in total. The average Bonchev–Trinajstić information content (AvgIpc) is 3.15. The van der Waals surface area contributed by atoms with Gasteiger partial charge in [0.2, 0.25) is 17.6 Å². The Morgan fingerprint density at radius 1 is 1.50 bits per heavy atom. The highest BCUT2D eigenvalue weighted by atomic mass is 32.1. The van der Waals surface area contributed by atoms with Crippen molar-refractivity contribution in [2.75, 3.05) is 0 Å². The van der Waals surface area contributed by atoms with Crippen molar-refractivity contribution in [3.8, 4) is 11.4 Å². The molecule has 0 saturated heterocycles. The molecule has 0 aliphatic heterocycles. The number of rotatable bonds is 8. The number of carbonyl (C=O) groups is 2. The molecule has 0 radical (unpaired) electrons. The normalized spacial score (nSPS) is 12.0. The van der Waals surface area contributed by atoms with Crippen LogP contribution in [-0.2, 0) is 16.0 Å². The van der Waals surface area contributed by atoms with Crippen molar-refractivity contribution in [2.24, 2.45) is 0 Å². The summed E-state index contributed by atoms with van der Waals surface area (Å²) in [5.41, 5.74) is 0.873. The van der Waals surface area contributed by atoms with Crippen LogP contribution < -0.4 is 5.32 Å². The molecular weight excluding hydrogens is 306 g/mol. The molecule has 22 heavy (non-hydrogen) atoms. The monoisotopic (exact) mass is 323 g/mol. The van der Waals surface area contributed by atoms with Crippen LogP contribution in [0.15, 0.2) is 21.3 Å². The number of hydrogen-bond donors (Lipinski definition) is 2. The smallest absolute Gasteiger partial charge is 0.326 e. The van der Waals surface area contributed by atoms with Gasteiger partial charge in [0.25, 0.3) is 0 Å². The van der Waals surface area contributed by atoms with Crippen LogP contribution in [0, 0.1) is 0 Å². The van der Waals surface area contributed by atoms with Crippen LogP contribution in [0.2, 0.25) is 0 Å². The van der Waals surface area contributed by atoms with Gasteiger partial charge in [-0.15, -0.1) is 0 Å². The highest BCUT2D eigenvalue weighted by Gasteiger charge is 2.19. The number of carboxylic acid groups (broad SMARTS) is 1. The van der Waals surface area contributed by atoms with Crippen molar-refractivity contribution in [3.63, 3.8) is 0 Å². The average molecular weight is 323 g/mol. The minimum Gasteiger partial charge on any atom is -0.480 e. The van der Waals surface area contributed by atoms with Gasteiger partial charge in [0.1, 0.15) is 6.04 Å². The van der Waals surface area contributed by atoms with Gasteiger partial charge in [-0.1, -0.05) is 18.5 Å². The zero-order chi connectivity index (χ0) is 15.9. The van der Waals surface area contributed by atoms with Gasteiger partial charge in [-0.3, -0.25) is 4.79 Å². The first-order chi connectivity index (χ1) is 10.6. The van der Waals surface area contributed by atoms with Crippen molar-refractivity contribution in [1.82, 2.24) is 15.5 Å². The summed E-state index contributed by atoms with van der Waals surface area (Å²) in [6.45, 7) is 1.87. The van der Waals surface area contributed by atoms with E-state index in [1.165, 1.54) is 11.3 Å². The summed E-state index contributed by atoms with van der Waals surface area (Å²) in [5.74, 6) is -0.506. The van der Waals surface area contributed by atoms with E-state index < -0.39 is 12.0 Å². The SMILES string of the molecule is CCCC(NC(=O)CCc1nc(-c2ccsc2)no1)C(=O)O. The van der Waals surface area contributed by atoms with Gasteiger partial charge in [-0.25, -0.2) is 4.79 Å². The maximum absolute atomic E-state index is 11.8. The third-order valence-corrected chi connectivity index (χ3v) is 3.71. The lowest BCUT2D eigenvalue weighted by Gasteiger charge is -2.12. The Balaban J connectivity index is 1.85. The Labute approximate surface area is 131 Å². The Kier molecular flexibility index (Phi) is 5.65. The Morgan fingerprint density at radius 2 is 2.32 bits per heavy atom. The first-order valence-corrected chi connectivity index (χ1v) is 7.91. The summed E-state index contributed by atoms with van der Waals surface area (Å²) in [4.78, 5) is 27.0. The zero-order valence-corrected chi connectivity index (χ0v) is 12.9. The Morgan fingerprint density at radius 3 is 2.95 bits per heavy atom. The summed E-state index contributed by atoms with van der Waals surface area (Å²) >= 11 is 1.53. The van der Waals surface area contributed by atoms with E-state index in [9.17, 15) is 9.59 Å². The quantitative estimate of drug-likeness (QED) is 0.770. The number of nitrogens with zero attached hydrogens (tertiary/aromatic N) is 2. The van der Waals surface area contributed by atoms with Gasteiger partial charge in [-0.05, 0) is 17.9 Å². The van der Waals surface area contributed by atoms with Crippen molar-refractivity contribution in [1.29, 1.82) is 0 Å². The molecular formula is C14H17N3O4S. The van der Waals surface area contributed by atoms with E-state index in [2.05, 4.69) is 15.5 Å². The van der Waals surface area contributed by atoms with Crippen LogP contribution in [0.5, 0.6) is 0 Å². The molecule has 2 aromatic rings. The predicted octanol–water partition coefficient (Wildman–Crippen LogP) is 2.10. The molecule has 0 aliphatic rings. The first-order valence-electron chi connectivity index (χ1n) is 6.97. The van der Waals surface area contributed by atoms with Crippen LogP contribution in [-0.4, -0.2) is 33.2 Å². The minimum absolute atomic E-state index is 0.110. The van der Waals surface area contributed by atoms with Crippen LogP contribution in [0.3, 0.4) is 0 Å². The van der Waals surface area contributed by atoms with Crippen LogP contribution in [0.25, 0.3) is 11.4 Å². The van der Waals surface area contributed by atoms with E-state index in [-0.39, 0.29) is 18.7 Å². The summed E-state index contributed by atoms with van der Waals surface area (Å²) < 4.78 is 5.09. The molecule has 1 unspecified atom stereocenters. The largest absolute Gasteiger partial charge is 0.480 e. The lowest BCUT2D eigenvalue weighted by molar-refractivity contribution is -0.142. The van der Waals surface area contributed by atoms with Gasteiger partial charge in [-0.2, -0.15) is 16.3 Å². The fourth-order valence-electron chi connectivity index (χ4n) is 1.90. The van der Waals surface area contributed by atoms with Crippen molar-refractivity contribution in [2.45, 2.75) is 38.6 Å². The van der Waals surface area contributed by atoms with Crippen molar-refractivity contribution >= 4 is 23.2 Å². The molecule has 0 fully saturated rings. The topological polar surface area (TPSA) is 105 Å². The Hall–Kier alpha value is -2.22. The van der Waals surface area contributed by atoms with E-state index in [1.54, 1.807) is 0 Å². The molecule has 0 aromatic carbocycles. The number of carboxylic acids is 1. The predicted molar refractivity (Wildman–Crippen MR) is 80.4 cm³/mol. The van der Waals surface area contributed by atoms with Crippen molar-refractivity contribution < 1.29 is 19.2 Å². The highest BCUT2D eigenvalue weighted by molar-refractivity contribution is 7.08. The highest BCUT2D eigenvalue weighted by Crippen LogP contribution is 2.18. The maximum Gasteiger partial charge on any atom is 0.326 e. The molecule has 0 aliphatic carbocycles. The molecule has 1 amide bonds. The van der Waals surface area contributed by atoms with Crippen LogP contribution >= 0.6 is 11.3 Å². The summed E-state index contributed by atoms with van der Waals surface area (Å²) in [6, 6.07) is 1.04. The Bertz CT molecular complexity index is 624. The van der Waals surface area contributed by atoms with Gasteiger partial charge in [0.05, 0.1) is 0 Å². The number of thiophene rings is 1. The van der Waals surface area contributed by atoms with E-state index >= 15 is 0 Å². The molecule has 2 rings (SSSR count). The van der Waals surface area contributed by atoms with E-state index in [0.29, 0.717) is 24.6 Å². The number of amides is 1. The number of aliphatic carboxylic acids is 1. The molecule has 2 aromatic heterocycles. The summed E-state index contributed by atoms with van der Waals surface area (Å²) in [7, 11) is 0. The third-order valence-electron chi connectivity index (χ3n) is 3.02. The molecule has 0 saturated carbocycles. The fourth-order valence-corrected chi connectivity index (χ4v) is 2.53. The molecule has 0 bridgehead atoms. The maximum atomic E-state index is 11.8. The molecule has 118 valence electrons. The second-order valence-corrected chi connectivity index (χ2v) is 5.55. The lowest BCUT2D eigenvalue weighted by atomic mass is 10.1. The summed E-state index contributed by atoms with van der Waals surface area (Å²) in [5, 5.41) is 19.2. The summed E-state index contributed by atoms with van der Waals surface area (Å²) in [6.07, 6.45) is 1.48. The van der Waals surface area contributed by atoms with E-state index in [1.807, 2.05) is 23.8 Å². The molecule has 2 heterocycles. The standard InChI is InChI=1S/C14H17N3O4S/c1-2-3-10(14(19)20)15-11(18)4-5-12-16-13(17-21-12)9-6-7-22-8-9/h6-8,10H,2-5H2,1H3,(H,15,18)(H,19,20). The van der Waals surface area contributed by atoms with Gasteiger partial charge in [0, 0.05) is 23.8 Å². The first kappa shape index (κ1) is 16.2. The van der Waals surface area contributed by atoms with Gasteiger partial charge in [0.15, 0.2) is 0 Å². The number of carbonyl (C=O) groups excluding carboxylic acids is 1. The van der Waals surface area contributed by atoms with Gasteiger partial charge >= 0.3 is 5.97 Å². The van der Waals surface area contributed by atoms with E-state index in [0.717, 1.165) is 5.56 Å². The van der Waals surface area contributed by atoms with Crippen molar-refractivity contribution in [3.05, 3.63) is 22.7 Å². The van der Waals surface area contributed by atoms with Crippen LogP contribution in [0.4, 0.5) is 0 Å². The van der Waals surface area contributed by atoms with E-state index in [4.69, 9.17) is 9.63 Å².